The highest BCUT2D eigenvalue weighted by atomic mass is 79.9. The van der Waals surface area contributed by atoms with Crippen molar-refractivity contribution in [3.63, 3.8) is 0 Å². The molecular weight excluding hydrogens is 302 g/mol. The number of hydrogen-bond acceptors (Lipinski definition) is 4. The smallest absolute Gasteiger partial charge is 0.387 e. The highest BCUT2D eigenvalue weighted by molar-refractivity contribution is 9.10. The van der Waals surface area contributed by atoms with Crippen molar-refractivity contribution in [2.45, 2.75) is 6.61 Å². The van der Waals surface area contributed by atoms with Gasteiger partial charge < -0.3 is 4.74 Å². The molecule has 16 heavy (non-hydrogen) atoms. The maximum atomic E-state index is 12.0. The minimum atomic E-state index is -2.82. The predicted molar refractivity (Wildman–Crippen MR) is 59.7 cm³/mol. The molecule has 0 bridgehead atoms. The molecule has 2 rings (SSSR count). The first kappa shape index (κ1) is 11.4. The van der Waals surface area contributed by atoms with Crippen LogP contribution >= 0.6 is 27.5 Å². The van der Waals surface area contributed by atoms with Crippen LogP contribution in [0.25, 0.3) is 10.6 Å². The molecule has 0 saturated carbocycles. The average Bonchev–Trinajstić information content (AvgIpc) is 2.64. The van der Waals surface area contributed by atoms with Crippen LogP contribution in [-0.4, -0.2) is 16.0 Å². The zero-order valence-corrected chi connectivity index (χ0v) is 10.1. The summed E-state index contributed by atoms with van der Waals surface area (Å²) >= 11 is 4.30. The summed E-state index contributed by atoms with van der Waals surface area (Å²) in [7, 11) is 0. The summed E-state index contributed by atoms with van der Waals surface area (Å²) in [5.41, 5.74) is 0.696. The second-order valence-electron chi connectivity index (χ2n) is 2.77. The van der Waals surface area contributed by atoms with Crippen LogP contribution in [0.4, 0.5) is 8.78 Å². The van der Waals surface area contributed by atoms with Gasteiger partial charge in [0.25, 0.3) is 0 Å². The number of rotatable bonds is 3. The third-order valence-electron chi connectivity index (χ3n) is 1.71. The lowest BCUT2D eigenvalue weighted by Crippen LogP contribution is -2.01. The van der Waals surface area contributed by atoms with Gasteiger partial charge in [-0.15, -0.1) is 0 Å². The van der Waals surface area contributed by atoms with E-state index in [2.05, 4.69) is 30.0 Å². The van der Waals surface area contributed by atoms with Gasteiger partial charge in [0.05, 0.1) is 0 Å². The van der Waals surface area contributed by atoms with Crippen LogP contribution in [0, 0.1) is 0 Å². The summed E-state index contributed by atoms with van der Waals surface area (Å²) in [6, 6.07) is 6.35. The van der Waals surface area contributed by atoms with Crippen LogP contribution in [0.5, 0.6) is 5.75 Å². The van der Waals surface area contributed by atoms with Crippen molar-refractivity contribution in [2.75, 3.05) is 0 Å². The van der Waals surface area contributed by atoms with Gasteiger partial charge in [-0.1, -0.05) is 12.1 Å². The van der Waals surface area contributed by atoms with E-state index in [1.165, 1.54) is 23.7 Å². The zero-order chi connectivity index (χ0) is 11.5. The van der Waals surface area contributed by atoms with Crippen LogP contribution in [0.1, 0.15) is 0 Å². The standard InChI is InChI=1S/C9H5BrF2N2OS/c10-8-13-7(16-14-8)5-2-1-3-6(4-5)15-9(11)12/h1-4,9H. The number of alkyl halides is 2. The van der Waals surface area contributed by atoms with Gasteiger partial charge >= 0.3 is 6.61 Å². The Bertz CT molecular complexity index is 492. The topological polar surface area (TPSA) is 35.0 Å². The zero-order valence-electron chi connectivity index (χ0n) is 7.73. The van der Waals surface area contributed by atoms with Gasteiger partial charge in [0, 0.05) is 5.56 Å². The molecule has 0 amide bonds. The minimum absolute atomic E-state index is 0.110. The van der Waals surface area contributed by atoms with E-state index in [0.717, 1.165) is 0 Å². The molecule has 3 nitrogen and oxygen atoms in total. The minimum Gasteiger partial charge on any atom is -0.435 e. The van der Waals surface area contributed by atoms with Gasteiger partial charge in [0.2, 0.25) is 4.73 Å². The Morgan fingerprint density at radius 3 is 2.81 bits per heavy atom. The van der Waals surface area contributed by atoms with E-state index in [1.54, 1.807) is 12.1 Å². The Morgan fingerprint density at radius 2 is 2.19 bits per heavy atom. The van der Waals surface area contributed by atoms with E-state index >= 15 is 0 Å². The molecule has 0 atom stereocenters. The van der Waals surface area contributed by atoms with Crippen molar-refractivity contribution >= 4 is 27.5 Å². The van der Waals surface area contributed by atoms with Gasteiger partial charge in [-0.05, 0) is 39.6 Å². The van der Waals surface area contributed by atoms with Crippen molar-refractivity contribution in [3.05, 3.63) is 29.0 Å². The fourth-order valence-electron chi connectivity index (χ4n) is 1.13. The number of hydrogen-bond donors (Lipinski definition) is 0. The first-order valence-electron chi connectivity index (χ1n) is 4.19. The lowest BCUT2D eigenvalue weighted by Gasteiger charge is -2.04. The summed E-state index contributed by atoms with van der Waals surface area (Å²) in [5, 5.41) is 0.645. The molecule has 0 radical (unpaired) electrons. The highest BCUT2D eigenvalue weighted by Crippen LogP contribution is 2.27. The monoisotopic (exact) mass is 306 g/mol. The Labute approximate surface area is 102 Å². The molecule has 0 N–H and O–H groups in total. The molecule has 0 aliphatic heterocycles. The van der Waals surface area contributed by atoms with Gasteiger partial charge in [0.15, 0.2) is 0 Å². The van der Waals surface area contributed by atoms with E-state index in [0.29, 0.717) is 15.3 Å². The summed E-state index contributed by atoms with van der Waals surface area (Å²) in [5.74, 6) is 0.110. The fourth-order valence-corrected chi connectivity index (χ4v) is 2.20. The Hall–Kier alpha value is -1.08. The number of halogens is 3. The molecule has 7 heteroatoms. The second kappa shape index (κ2) is 4.84. The fraction of sp³-hybridized carbons (Fsp3) is 0.111. The molecule has 0 aliphatic rings. The summed E-state index contributed by atoms with van der Waals surface area (Å²) < 4.78 is 32.7. The quantitative estimate of drug-likeness (QED) is 0.869. The molecular formula is C9H5BrF2N2OS. The maximum absolute atomic E-state index is 12.0. The van der Waals surface area contributed by atoms with Crippen molar-refractivity contribution < 1.29 is 13.5 Å². The van der Waals surface area contributed by atoms with E-state index in [4.69, 9.17) is 0 Å². The van der Waals surface area contributed by atoms with Crippen LogP contribution in [0.2, 0.25) is 0 Å². The van der Waals surface area contributed by atoms with Crippen LogP contribution in [0.3, 0.4) is 0 Å². The molecule has 1 heterocycles. The molecule has 84 valence electrons. The van der Waals surface area contributed by atoms with Gasteiger partial charge in [0.1, 0.15) is 10.8 Å². The lowest BCUT2D eigenvalue weighted by molar-refractivity contribution is -0.0498. The third kappa shape index (κ3) is 2.73. The predicted octanol–water partition coefficient (Wildman–Crippen LogP) is 3.57. The molecule has 0 spiro atoms. The van der Waals surface area contributed by atoms with Crippen LogP contribution in [-0.2, 0) is 0 Å². The first-order chi connectivity index (χ1) is 7.65. The number of nitrogens with zero attached hydrogens (tertiary/aromatic N) is 2. The second-order valence-corrected chi connectivity index (χ2v) is 4.24. The third-order valence-corrected chi connectivity index (χ3v) is 3.06. The normalized spacial score (nSPS) is 10.8. The van der Waals surface area contributed by atoms with Gasteiger partial charge in [-0.25, -0.2) is 4.98 Å². The van der Waals surface area contributed by atoms with Gasteiger partial charge in [-0.3, -0.25) is 0 Å². The van der Waals surface area contributed by atoms with Gasteiger partial charge in [-0.2, -0.15) is 13.2 Å². The number of aromatic nitrogens is 2. The Kier molecular flexibility index (Phi) is 3.45. The van der Waals surface area contributed by atoms with E-state index in [-0.39, 0.29) is 5.75 Å². The van der Waals surface area contributed by atoms with Crippen molar-refractivity contribution in [1.29, 1.82) is 0 Å². The van der Waals surface area contributed by atoms with Crippen molar-refractivity contribution in [1.82, 2.24) is 9.36 Å². The maximum Gasteiger partial charge on any atom is 0.387 e. The summed E-state index contributed by atoms with van der Waals surface area (Å²) in [4.78, 5) is 4.08. The highest BCUT2D eigenvalue weighted by Gasteiger charge is 2.08. The summed E-state index contributed by atoms with van der Waals surface area (Å²) in [6.45, 7) is -2.82. The molecule has 0 saturated heterocycles. The number of ether oxygens (including phenoxy) is 1. The molecule has 0 fully saturated rings. The Balaban J connectivity index is 2.28. The average molecular weight is 307 g/mol. The molecule has 0 unspecified atom stereocenters. The first-order valence-corrected chi connectivity index (χ1v) is 5.76. The molecule has 1 aromatic carbocycles. The Morgan fingerprint density at radius 1 is 1.38 bits per heavy atom. The molecule has 1 aromatic heterocycles. The SMILES string of the molecule is FC(F)Oc1cccc(-c2nc(Br)ns2)c1. The number of benzene rings is 1. The van der Waals surface area contributed by atoms with E-state index in [1.807, 2.05) is 0 Å². The van der Waals surface area contributed by atoms with Crippen molar-refractivity contribution in [2.24, 2.45) is 0 Å². The molecule has 2 aromatic rings. The lowest BCUT2D eigenvalue weighted by atomic mass is 10.2. The van der Waals surface area contributed by atoms with Crippen molar-refractivity contribution in [3.8, 4) is 16.3 Å². The van der Waals surface area contributed by atoms with Crippen LogP contribution < -0.4 is 4.74 Å². The largest absolute Gasteiger partial charge is 0.435 e. The van der Waals surface area contributed by atoms with Crippen LogP contribution in [0.15, 0.2) is 29.0 Å². The van der Waals surface area contributed by atoms with E-state index in [9.17, 15) is 8.78 Å². The van der Waals surface area contributed by atoms with E-state index < -0.39 is 6.61 Å². The summed E-state index contributed by atoms with van der Waals surface area (Å²) in [6.07, 6.45) is 0. The molecule has 0 aliphatic carbocycles.